The number of nitrogens with two attached hydrogens (primary N) is 1. The monoisotopic (exact) mass is 227 g/mol. The van der Waals surface area contributed by atoms with Crippen LogP contribution < -0.4 is 5.73 Å². The fourth-order valence-corrected chi connectivity index (χ4v) is 2.41. The van der Waals surface area contributed by atoms with Crippen LogP contribution in [0, 0.1) is 5.92 Å². The van der Waals surface area contributed by atoms with Crippen LogP contribution in [0.1, 0.15) is 13.3 Å². The van der Waals surface area contributed by atoms with Crippen LogP contribution >= 0.6 is 0 Å². The summed E-state index contributed by atoms with van der Waals surface area (Å²) < 4.78 is 0. The smallest absolute Gasteiger partial charge is 0.0221 e. The van der Waals surface area contributed by atoms with E-state index in [-0.39, 0.29) is 5.92 Å². The third-order valence-electron chi connectivity index (χ3n) is 3.09. The maximum Gasteiger partial charge on any atom is 0.0221 e. The molecule has 1 aliphatic rings. The summed E-state index contributed by atoms with van der Waals surface area (Å²) in [4.78, 5) is 0. The highest BCUT2D eigenvalue weighted by atomic mass is 14.6. The summed E-state index contributed by atoms with van der Waals surface area (Å²) in [5.74, 6) is 0.242. The number of rotatable bonds is 6. The van der Waals surface area contributed by atoms with E-state index in [0.717, 1.165) is 6.42 Å². The molecular formula is C16H21N. The molecule has 2 N–H and O–H groups in total. The summed E-state index contributed by atoms with van der Waals surface area (Å²) in [6.45, 7) is 14.2. The number of hydrogen-bond acceptors (Lipinski definition) is 1. The maximum atomic E-state index is 5.89. The van der Waals surface area contributed by atoms with Crippen molar-refractivity contribution in [2.45, 2.75) is 13.3 Å². The third kappa shape index (κ3) is 2.40. The van der Waals surface area contributed by atoms with Gasteiger partial charge in [0.2, 0.25) is 0 Å². The Balaban J connectivity index is 3.39. The van der Waals surface area contributed by atoms with E-state index in [1.165, 1.54) is 22.3 Å². The molecule has 0 amide bonds. The van der Waals surface area contributed by atoms with Crippen molar-refractivity contribution in [1.82, 2.24) is 0 Å². The fraction of sp³-hybridized carbons (Fsp3) is 0.250. The van der Waals surface area contributed by atoms with Crippen LogP contribution in [0.25, 0.3) is 0 Å². The summed E-state index contributed by atoms with van der Waals surface area (Å²) in [6, 6.07) is 0. The average Bonchev–Trinajstić information content (AvgIpc) is 2.63. The van der Waals surface area contributed by atoms with Crippen LogP contribution in [0.5, 0.6) is 0 Å². The zero-order valence-electron chi connectivity index (χ0n) is 10.6. The van der Waals surface area contributed by atoms with Crippen LogP contribution in [0.3, 0.4) is 0 Å². The molecule has 0 bridgehead atoms. The molecule has 90 valence electrons. The van der Waals surface area contributed by atoms with Crippen molar-refractivity contribution in [1.29, 1.82) is 0 Å². The molecule has 1 unspecified atom stereocenters. The minimum Gasteiger partial charge on any atom is -0.330 e. The molecule has 0 radical (unpaired) electrons. The van der Waals surface area contributed by atoms with E-state index in [0.29, 0.717) is 6.54 Å². The van der Waals surface area contributed by atoms with Crippen molar-refractivity contribution >= 4 is 0 Å². The number of allylic oxidation sites excluding steroid dienone is 7. The van der Waals surface area contributed by atoms with Gasteiger partial charge in [0.25, 0.3) is 0 Å². The van der Waals surface area contributed by atoms with E-state index >= 15 is 0 Å². The molecule has 0 aromatic heterocycles. The van der Waals surface area contributed by atoms with Crippen molar-refractivity contribution < 1.29 is 0 Å². The van der Waals surface area contributed by atoms with Gasteiger partial charge in [-0.2, -0.15) is 0 Å². The number of hydrogen-bond donors (Lipinski definition) is 1. The Bertz CT molecular complexity index is 419. The van der Waals surface area contributed by atoms with E-state index in [2.05, 4.69) is 25.8 Å². The molecule has 0 heterocycles. The van der Waals surface area contributed by atoms with E-state index in [9.17, 15) is 0 Å². The van der Waals surface area contributed by atoms with Crippen molar-refractivity contribution in [3.63, 3.8) is 0 Å². The van der Waals surface area contributed by atoms with Gasteiger partial charge in [0.05, 0.1) is 0 Å². The van der Waals surface area contributed by atoms with E-state index < -0.39 is 0 Å². The summed E-state index contributed by atoms with van der Waals surface area (Å²) in [5, 5.41) is 0. The molecule has 1 aliphatic carbocycles. The SMILES string of the molecule is C=CCC1=C(/C=C\C)C(CN)C(C=C)=C1C=C. The van der Waals surface area contributed by atoms with E-state index in [4.69, 9.17) is 5.73 Å². The highest BCUT2D eigenvalue weighted by Crippen LogP contribution is 2.40. The molecule has 1 nitrogen and oxygen atoms in total. The maximum absolute atomic E-state index is 5.89. The predicted octanol–water partition coefficient (Wildman–Crippen LogP) is 3.69. The van der Waals surface area contributed by atoms with Gasteiger partial charge in [-0.25, -0.2) is 0 Å². The predicted molar refractivity (Wildman–Crippen MR) is 76.6 cm³/mol. The topological polar surface area (TPSA) is 26.0 Å². The summed E-state index contributed by atoms with van der Waals surface area (Å²) in [5.41, 5.74) is 10.8. The molecule has 1 atom stereocenters. The minimum atomic E-state index is 0.242. The lowest BCUT2D eigenvalue weighted by molar-refractivity contribution is 0.766. The summed E-state index contributed by atoms with van der Waals surface area (Å²) >= 11 is 0. The third-order valence-corrected chi connectivity index (χ3v) is 3.09. The first kappa shape index (κ1) is 13.5. The Hall–Kier alpha value is -1.60. The van der Waals surface area contributed by atoms with Gasteiger partial charge in [0, 0.05) is 12.5 Å². The Morgan fingerprint density at radius 2 is 1.88 bits per heavy atom. The quantitative estimate of drug-likeness (QED) is 0.688. The van der Waals surface area contributed by atoms with Gasteiger partial charge in [-0.05, 0) is 35.6 Å². The molecule has 0 aromatic rings. The molecule has 1 heteroatoms. The summed E-state index contributed by atoms with van der Waals surface area (Å²) in [6.07, 6.45) is 10.7. The molecule has 0 fully saturated rings. The lowest BCUT2D eigenvalue weighted by Crippen LogP contribution is -2.15. The van der Waals surface area contributed by atoms with Crippen LogP contribution in [0.2, 0.25) is 0 Å². The molecule has 1 rings (SSSR count). The summed E-state index contributed by atoms with van der Waals surface area (Å²) in [7, 11) is 0. The standard InChI is InChI=1S/C16H21N/c1-5-9-14-12(7-3)13(8-4)16(11-17)15(14)10-6-2/h5-8,10,16H,1,3-4,9,11,17H2,2H3/b10-6-. The van der Waals surface area contributed by atoms with Crippen molar-refractivity contribution in [2.24, 2.45) is 11.7 Å². The Morgan fingerprint density at radius 3 is 2.29 bits per heavy atom. The zero-order valence-corrected chi connectivity index (χ0v) is 10.6. The molecule has 0 aromatic carbocycles. The Kier molecular flexibility index (Phi) is 4.92. The average molecular weight is 227 g/mol. The molecule has 0 aliphatic heterocycles. The first-order valence-electron chi connectivity index (χ1n) is 5.91. The Labute approximate surface area is 104 Å². The highest BCUT2D eigenvalue weighted by Gasteiger charge is 2.27. The van der Waals surface area contributed by atoms with Gasteiger partial charge in [-0.1, -0.05) is 43.5 Å². The second-order valence-corrected chi connectivity index (χ2v) is 3.99. The molecule has 17 heavy (non-hydrogen) atoms. The van der Waals surface area contributed by atoms with Gasteiger partial charge < -0.3 is 5.73 Å². The lowest BCUT2D eigenvalue weighted by Gasteiger charge is -2.12. The van der Waals surface area contributed by atoms with Crippen molar-refractivity contribution in [3.05, 3.63) is 72.4 Å². The molecule has 0 saturated carbocycles. The lowest BCUT2D eigenvalue weighted by atomic mass is 9.94. The Morgan fingerprint density at radius 1 is 1.18 bits per heavy atom. The van der Waals surface area contributed by atoms with Crippen LogP contribution in [0.15, 0.2) is 72.4 Å². The molecule has 0 spiro atoms. The zero-order chi connectivity index (χ0) is 12.8. The molecule has 0 saturated heterocycles. The van der Waals surface area contributed by atoms with Crippen LogP contribution in [0.4, 0.5) is 0 Å². The second-order valence-electron chi connectivity index (χ2n) is 3.99. The van der Waals surface area contributed by atoms with Crippen molar-refractivity contribution in [2.75, 3.05) is 6.54 Å². The fourth-order valence-electron chi connectivity index (χ4n) is 2.41. The normalized spacial score (nSPS) is 20.2. The highest BCUT2D eigenvalue weighted by molar-refractivity contribution is 5.60. The molecular weight excluding hydrogens is 206 g/mol. The first-order chi connectivity index (χ1) is 8.24. The van der Waals surface area contributed by atoms with E-state index in [1.54, 1.807) is 0 Å². The second kappa shape index (κ2) is 6.21. The van der Waals surface area contributed by atoms with Gasteiger partial charge in [-0.15, -0.1) is 6.58 Å². The van der Waals surface area contributed by atoms with Gasteiger partial charge in [0.15, 0.2) is 0 Å². The van der Waals surface area contributed by atoms with Gasteiger partial charge >= 0.3 is 0 Å². The largest absolute Gasteiger partial charge is 0.330 e. The van der Waals surface area contributed by atoms with Crippen molar-refractivity contribution in [3.8, 4) is 0 Å². The van der Waals surface area contributed by atoms with Crippen LogP contribution in [-0.2, 0) is 0 Å². The van der Waals surface area contributed by atoms with E-state index in [1.807, 2.05) is 31.2 Å². The minimum absolute atomic E-state index is 0.242. The van der Waals surface area contributed by atoms with Gasteiger partial charge in [0.1, 0.15) is 0 Å². The van der Waals surface area contributed by atoms with Gasteiger partial charge in [-0.3, -0.25) is 0 Å². The first-order valence-corrected chi connectivity index (χ1v) is 5.91. The van der Waals surface area contributed by atoms with Crippen LogP contribution in [-0.4, -0.2) is 6.54 Å².